The Balaban J connectivity index is 2.16. The van der Waals surface area contributed by atoms with Crippen molar-refractivity contribution in [2.45, 2.75) is 45.1 Å². The van der Waals surface area contributed by atoms with Crippen LogP contribution in [0.2, 0.25) is 0 Å². The zero-order valence-corrected chi connectivity index (χ0v) is 9.74. The molecule has 1 aliphatic rings. The lowest BCUT2D eigenvalue weighted by Crippen LogP contribution is -2.24. The number of hydrogen-bond acceptors (Lipinski definition) is 1. The highest BCUT2D eigenvalue weighted by Gasteiger charge is 2.30. The summed E-state index contributed by atoms with van der Waals surface area (Å²) >= 11 is 0. The van der Waals surface area contributed by atoms with Crippen molar-refractivity contribution >= 4 is 0 Å². The highest BCUT2D eigenvalue weighted by molar-refractivity contribution is 5.27. The summed E-state index contributed by atoms with van der Waals surface area (Å²) in [6.07, 6.45) is 3.56. The molecule has 0 amide bonds. The smallest absolute Gasteiger partial charge is 0.00705 e. The molecule has 0 bridgehead atoms. The maximum Gasteiger partial charge on any atom is 0.00705 e. The summed E-state index contributed by atoms with van der Waals surface area (Å²) in [5, 5.41) is 0. The molecule has 1 aromatic rings. The maximum atomic E-state index is 6.06. The van der Waals surface area contributed by atoms with Gasteiger partial charge in [0.1, 0.15) is 0 Å². The molecule has 2 N–H and O–H groups in total. The lowest BCUT2D eigenvalue weighted by Gasteiger charge is -2.18. The van der Waals surface area contributed by atoms with Crippen molar-refractivity contribution in [1.29, 1.82) is 0 Å². The quantitative estimate of drug-likeness (QED) is 0.785. The molecule has 15 heavy (non-hydrogen) atoms. The molecular weight excluding hydrogens is 182 g/mol. The fourth-order valence-electron chi connectivity index (χ4n) is 2.67. The third-order valence-electron chi connectivity index (χ3n) is 3.94. The first kappa shape index (κ1) is 10.7. The second kappa shape index (κ2) is 4.36. The van der Waals surface area contributed by atoms with E-state index in [1.165, 1.54) is 24.0 Å². The molecule has 3 unspecified atom stereocenters. The molecule has 2 rings (SSSR count). The largest absolute Gasteiger partial charge is 0.327 e. The van der Waals surface area contributed by atoms with E-state index in [2.05, 4.69) is 38.1 Å². The Bertz CT molecular complexity index is 315. The van der Waals surface area contributed by atoms with Crippen molar-refractivity contribution in [3.05, 3.63) is 35.4 Å². The number of nitrogens with two attached hydrogens (primary N) is 1. The second-order valence-electron chi connectivity index (χ2n) is 4.80. The van der Waals surface area contributed by atoms with Gasteiger partial charge in [0.05, 0.1) is 0 Å². The first-order valence-electron chi connectivity index (χ1n) is 6.06. The summed E-state index contributed by atoms with van der Waals surface area (Å²) in [4.78, 5) is 0. The molecule has 0 heterocycles. The Hall–Kier alpha value is -0.820. The van der Waals surface area contributed by atoms with E-state index >= 15 is 0 Å². The summed E-state index contributed by atoms with van der Waals surface area (Å²) in [5.41, 5.74) is 8.97. The number of hydrogen-bond donors (Lipinski definition) is 1. The van der Waals surface area contributed by atoms with Gasteiger partial charge in [0.15, 0.2) is 0 Å². The van der Waals surface area contributed by atoms with Crippen LogP contribution < -0.4 is 5.73 Å². The van der Waals surface area contributed by atoms with Crippen LogP contribution in [-0.4, -0.2) is 6.04 Å². The lowest BCUT2D eigenvalue weighted by atomic mass is 9.88. The molecule has 0 aromatic heterocycles. The molecule has 1 heteroatoms. The molecule has 3 atom stereocenters. The van der Waals surface area contributed by atoms with Crippen molar-refractivity contribution in [2.75, 3.05) is 0 Å². The van der Waals surface area contributed by atoms with Gasteiger partial charge in [0.2, 0.25) is 0 Å². The molecule has 1 aliphatic carbocycles. The zero-order chi connectivity index (χ0) is 10.8. The fraction of sp³-hybridized carbons (Fsp3) is 0.571. The summed E-state index contributed by atoms with van der Waals surface area (Å²) in [7, 11) is 0. The van der Waals surface area contributed by atoms with E-state index in [4.69, 9.17) is 5.73 Å². The Kier molecular flexibility index (Phi) is 3.11. The first-order chi connectivity index (χ1) is 7.22. The van der Waals surface area contributed by atoms with Crippen LogP contribution in [0.3, 0.4) is 0 Å². The summed E-state index contributed by atoms with van der Waals surface area (Å²) in [5.74, 6) is 1.32. The van der Waals surface area contributed by atoms with Gasteiger partial charge in [-0.3, -0.25) is 0 Å². The van der Waals surface area contributed by atoms with Crippen molar-refractivity contribution in [2.24, 2.45) is 11.7 Å². The van der Waals surface area contributed by atoms with Gasteiger partial charge in [-0.15, -0.1) is 0 Å². The van der Waals surface area contributed by atoms with E-state index in [-0.39, 0.29) is 0 Å². The maximum absolute atomic E-state index is 6.06. The molecule has 1 fully saturated rings. The molecule has 82 valence electrons. The summed E-state index contributed by atoms with van der Waals surface area (Å²) in [6, 6.07) is 9.49. The van der Waals surface area contributed by atoms with Gasteiger partial charge in [-0.1, -0.05) is 38.1 Å². The standard InChI is InChI=1S/C14H21N/c1-3-11-4-6-12(7-5-11)13-8-9-14(15)10(13)2/h4-7,10,13-14H,3,8-9,15H2,1-2H3. The van der Waals surface area contributed by atoms with Crippen LogP contribution in [0.15, 0.2) is 24.3 Å². The van der Waals surface area contributed by atoms with E-state index in [0.717, 1.165) is 6.42 Å². The van der Waals surface area contributed by atoms with Crippen LogP contribution >= 0.6 is 0 Å². The minimum Gasteiger partial charge on any atom is -0.327 e. The molecule has 0 spiro atoms. The van der Waals surface area contributed by atoms with Gasteiger partial charge < -0.3 is 5.73 Å². The molecule has 1 aromatic carbocycles. The average Bonchev–Trinajstić information content (AvgIpc) is 2.60. The lowest BCUT2D eigenvalue weighted by molar-refractivity contribution is 0.479. The third kappa shape index (κ3) is 2.07. The molecule has 1 saturated carbocycles. The number of rotatable bonds is 2. The van der Waals surface area contributed by atoms with Gasteiger partial charge in [0, 0.05) is 6.04 Å². The Morgan fingerprint density at radius 1 is 1.20 bits per heavy atom. The molecular formula is C14H21N. The SMILES string of the molecule is CCc1ccc(C2CCC(N)C2C)cc1. The average molecular weight is 203 g/mol. The third-order valence-corrected chi connectivity index (χ3v) is 3.94. The van der Waals surface area contributed by atoms with Crippen molar-refractivity contribution in [3.8, 4) is 0 Å². The minimum atomic E-state index is 0.404. The van der Waals surface area contributed by atoms with Gasteiger partial charge in [-0.05, 0) is 42.2 Å². The fourth-order valence-corrected chi connectivity index (χ4v) is 2.67. The van der Waals surface area contributed by atoms with Crippen molar-refractivity contribution < 1.29 is 0 Å². The van der Waals surface area contributed by atoms with Gasteiger partial charge in [-0.2, -0.15) is 0 Å². The Morgan fingerprint density at radius 3 is 2.33 bits per heavy atom. The van der Waals surface area contributed by atoms with Crippen molar-refractivity contribution in [3.63, 3.8) is 0 Å². The van der Waals surface area contributed by atoms with E-state index in [9.17, 15) is 0 Å². The van der Waals surface area contributed by atoms with E-state index in [0.29, 0.717) is 17.9 Å². The normalized spacial score (nSPS) is 30.7. The molecule has 1 nitrogen and oxygen atoms in total. The Morgan fingerprint density at radius 2 is 1.87 bits per heavy atom. The Labute approximate surface area is 92.7 Å². The number of aryl methyl sites for hydroxylation is 1. The van der Waals surface area contributed by atoms with Crippen LogP contribution in [0, 0.1) is 5.92 Å². The van der Waals surface area contributed by atoms with Crippen LogP contribution in [0.1, 0.15) is 43.7 Å². The van der Waals surface area contributed by atoms with Gasteiger partial charge in [-0.25, -0.2) is 0 Å². The highest BCUT2D eigenvalue weighted by atomic mass is 14.7. The van der Waals surface area contributed by atoms with Crippen molar-refractivity contribution in [1.82, 2.24) is 0 Å². The predicted molar refractivity (Wildman–Crippen MR) is 64.9 cm³/mol. The summed E-state index contributed by atoms with van der Waals surface area (Å²) in [6.45, 7) is 4.49. The van der Waals surface area contributed by atoms with Gasteiger partial charge >= 0.3 is 0 Å². The monoisotopic (exact) mass is 203 g/mol. The molecule has 0 saturated heterocycles. The van der Waals surface area contributed by atoms with Crippen LogP contribution in [0.25, 0.3) is 0 Å². The van der Waals surface area contributed by atoms with Crippen LogP contribution in [0.4, 0.5) is 0 Å². The number of benzene rings is 1. The van der Waals surface area contributed by atoms with Crippen LogP contribution in [0.5, 0.6) is 0 Å². The highest BCUT2D eigenvalue weighted by Crippen LogP contribution is 2.38. The predicted octanol–water partition coefficient (Wildman–Crippen LogP) is 3.09. The van der Waals surface area contributed by atoms with E-state index in [1.54, 1.807) is 0 Å². The van der Waals surface area contributed by atoms with E-state index < -0.39 is 0 Å². The minimum absolute atomic E-state index is 0.404. The van der Waals surface area contributed by atoms with Crippen LogP contribution in [-0.2, 0) is 6.42 Å². The topological polar surface area (TPSA) is 26.0 Å². The second-order valence-corrected chi connectivity index (χ2v) is 4.80. The molecule has 0 aliphatic heterocycles. The zero-order valence-electron chi connectivity index (χ0n) is 9.74. The van der Waals surface area contributed by atoms with Gasteiger partial charge in [0.25, 0.3) is 0 Å². The molecule has 0 radical (unpaired) electrons. The van der Waals surface area contributed by atoms with E-state index in [1.807, 2.05) is 0 Å². The summed E-state index contributed by atoms with van der Waals surface area (Å²) < 4.78 is 0. The first-order valence-corrected chi connectivity index (χ1v) is 6.06.